The molecule has 0 unspecified atom stereocenters. The topological polar surface area (TPSA) is 38.0 Å². The van der Waals surface area contributed by atoms with Crippen LogP contribution in [0.1, 0.15) is 5.56 Å². The van der Waals surface area contributed by atoms with Gasteiger partial charge in [-0.15, -0.1) is 0 Å². The largest absolute Gasteiger partial charge is 0.386 e. The van der Waals surface area contributed by atoms with E-state index in [1.165, 1.54) is 0 Å². The third-order valence-corrected chi connectivity index (χ3v) is 1.79. The standard InChI is InChI=1S/C8H7Cl.C3H8N2/c1-2-7-5-3-4-6-8(7)9;1-3(4)5-2/h2-6H,1H2;5H,1,4H2,2H3. The van der Waals surface area contributed by atoms with Crippen LogP contribution < -0.4 is 11.1 Å². The predicted molar refractivity (Wildman–Crippen MR) is 63.9 cm³/mol. The SMILES string of the molecule is C=C(N)NC.C=Cc1ccccc1Cl. The molecule has 2 nitrogen and oxygen atoms in total. The van der Waals surface area contributed by atoms with Crippen molar-refractivity contribution in [3.05, 3.63) is 53.8 Å². The lowest BCUT2D eigenvalue weighted by molar-refractivity contribution is 0.974. The van der Waals surface area contributed by atoms with E-state index in [-0.39, 0.29) is 0 Å². The lowest BCUT2D eigenvalue weighted by Gasteiger charge is -1.92. The van der Waals surface area contributed by atoms with Crippen LogP contribution in [0.3, 0.4) is 0 Å². The van der Waals surface area contributed by atoms with E-state index in [9.17, 15) is 0 Å². The number of benzene rings is 1. The molecule has 1 rings (SSSR count). The summed E-state index contributed by atoms with van der Waals surface area (Å²) >= 11 is 5.75. The highest BCUT2D eigenvalue weighted by Crippen LogP contribution is 2.14. The van der Waals surface area contributed by atoms with Crippen molar-refractivity contribution in [2.24, 2.45) is 5.73 Å². The van der Waals surface area contributed by atoms with Crippen molar-refractivity contribution < 1.29 is 0 Å². The summed E-state index contributed by atoms with van der Waals surface area (Å²) in [6.07, 6.45) is 1.74. The monoisotopic (exact) mass is 210 g/mol. The maximum Gasteiger partial charge on any atom is 0.0883 e. The van der Waals surface area contributed by atoms with Crippen molar-refractivity contribution in [2.75, 3.05) is 7.05 Å². The zero-order chi connectivity index (χ0) is 11.0. The Labute approximate surface area is 90.1 Å². The van der Waals surface area contributed by atoms with Crippen molar-refractivity contribution in [1.82, 2.24) is 5.32 Å². The molecule has 3 N–H and O–H groups in total. The normalized spacial score (nSPS) is 8.14. The molecule has 0 heterocycles. The smallest absolute Gasteiger partial charge is 0.0883 e. The van der Waals surface area contributed by atoms with E-state index in [1.54, 1.807) is 13.1 Å². The van der Waals surface area contributed by atoms with Gasteiger partial charge in [-0.1, -0.05) is 49.0 Å². The van der Waals surface area contributed by atoms with E-state index in [0.29, 0.717) is 5.82 Å². The molecule has 0 aliphatic heterocycles. The van der Waals surface area contributed by atoms with E-state index in [1.807, 2.05) is 24.3 Å². The second-order valence-corrected chi connectivity index (χ2v) is 2.91. The number of nitrogens with one attached hydrogen (secondary N) is 1. The molecule has 1 aromatic rings. The Bertz CT molecular complexity index is 308. The second-order valence-electron chi connectivity index (χ2n) is 2.50. The lowest BCUT2D eigenvalue weighted by atomic mass is 10.2. The molecule has 3 heteroatoms. The Morgan fingerprint density at radius 2 is 2.00 bits per heavy atom. The molecular formula is C11H15ClN2. The van der Waals surface area contributed by atoms with Gasteiger partial charge in [-0.3, -0.25) is 0 Å². The zero-order valence-electron chi connectivity index (χ0n) is 8.26. The minimum Gasteiger partial charge on any atom is -0.386 e. The van der Waals surface area contributed by atoms with Crippen molar-refractivity contribution in [2.45, 2.75) is 0 Å². The molecule has 0 saturated heterocycles. The van der Waals surface area contributed by atoms with Gasteiger partial charge >= 0.3 is 0 Å². The fourth-order valence-electron chi connectivity index (χ4n) is 0.641. The molecular weight excluding hydrogens is 196 g/mol. The fourth-order valence-corrected chi connectivity index (χ4v) is 0.854. The van der Waals surface area contributed by atoms with Gasteiger partial charge in [0.2, 0.25) is 0 Å². The van der Waals surface area contributed by atoms with Crippen molar-refractivity contribution in [1.29, 1.82) is 0 Å². The van der Waals surface area contributed by atoms with Crippen LogP contribution in [0.5, 0.6) is 0 Å². The summed E-state index contributed by atoms with van der Waals surface area (Å²) < 4.78 is 0. The summed E-state index contributed by atoms with van der Waals surface area (Å²) in [5, 5.41) is 3.37. The average molecular weight is 211 g/mol. The number of nitrogens with two attached hydrogens (primary N) is 1. The molecule has 0 atom stereocenters. The van der Waals surface area contributed by atoms with E-state index in [2.05, 4.69) is 18.5 Å². The summed E-state index contributed by atoms with van der Waals surface area (Å²) in [6.45, 7) is 6.95. The highest BCUT2D eigenvalue weighted by atomic mass is 35.5. The molecule has 0 radical (unpaired) electrons. The molecule has 0 bridgehead atoms. The number of hydrogen-bond donors (Lipinski definition) is 2. The molecule has 0 aliphatic rings. The molecule has 1 aromatic carbocycles. The first-order valence-electron chi connectivity index (χ1n) is 4.11. The van der Waals surface area contributed by atoms with E-state index in [0.717, 1.165) is 10.6 Å². The van der Waals surface area contributed by atoms with Crippen LogP contribution in [-0.2, 0) is 0 Å². The van der Waals surface area contributed by atoms with Gasteiger partial charge < -0.3 is 11.1 Å². The van der Waals surface area contributed by atoms with Gasteiger partial charge in [0.25, 0.3) is 0 Å². The molecule has 14 heavy (non-hydrogen) atoms. The lowest BCUT2D eigenvalue weighted by Crippen LogP contribution is -2.11. The molecule has 0 aliphatic carbocycles. The summed E-state index contributed by atoms with van der Waals surface area (Å²) in [6, 6.07) is 7.60. The number of hydrogen-bond acceptors (Lipinski definition) is 2. The van der Waals surface area contributed by atoms with Crippen molar-refractivity contribution in [3.8, 4) is 0 Å². The molecule has 0 spiro atoms. The molecule has 76 valence electrons. The van der Waals surface area contributed by atoms with Gasteiger partial charge in [0.1, 0.15) is 0 Å². The molecule has 0 fully saturated rings. The number of rotatable bonds is 2. The minimum atomic E-state index is 0.505. The minimum absolute atomic E-state index is 0.505. The van der Waals surface area contributed by atoms with Crippen LogP contribution in [0, 0.1) is 0 Å². The molecule has 0 amide bonds. The van der Waals surface area contributed by atoms with Crippen LogP contribution >= 0.6 is 11.6 Å². The zero-order valence-corrected chi connectivity index (χ0v) is 9.01. The van der Waals surface area contributed by atoms with Gasteiger partial charge in [0.05, 0.1) is 5.82 Å². The quantitative estimate of drug-likeness (QED) is 0.788. The molecule has 0 aromatic heterocycles. The first kappa shape index (κ1) is 12.6. The predicted octanol–water partition coefficient (Wildman–Crippen LogP) is 2.62. The Balaban J connectivity index is 0.000000292. The second kappa shape index (κ2) is 7.04. The Kier molecular flexibility index (Phi) is 6.33. The Morgan fingerprint density at radius 3 is 2.29 bits per heavy atom. The first-order valence-corrected chi connectivity index (χ1v) is 4.48. The van der Waals surface area contributed by atoms with Gasteiger partial charge in [-0.2, -0.15) is 0 Å². The van der Waals surface area contributed by atoms with E-state index >= 15 is 0 Å². The summed E-state index contributed by atoms with van der Waals surface area (Å²) in [4.78, 5) is 0. The van der Waals surface area contributed by atoms with Crippen LogP contribution in [0.4, 0.5) is 0 Å². The summed E-state index contributed by atoms with van der Waals surface area (Å²) in [7, 11) is 1.72. The van der Waals surface area contributed by atoms with Crippen LogP contribution in [-0.4, -0.2) is 7.05 Å². The van der Waals surface area contributed by atoms with Crippen molar-refractivity contribution >= 4 is 17.7 Å². The maximum absolute atomic E-state index is 5.75. The third-order valence-electron chi connectivity index (χ3n) is 1.45. The highest BCUT2D eigenvalue weighted by molar-refractivity contribution is 6.32. The fraction of sp³-hybridized carbons (Fsp3) is 0.0909. The van der Waals surface area contributed by atoms with E-state index < -0.39 is 0 Å². The summed E-state index contributed by atoms with van der Waals surface area (Å²) in [5.74, 6) is 0.505. The van der Waals surface area contributed by atoms with Crippen LogP contribution in [0.2, 0.25) is 5.02 Å². The van der Waals surface area contributed by atoms with Crippen molar-refractivity contribution in [3.63, 3.8) is 0 Å². The Hall–Kier alpha value is -1.41. The molecule has 0 saturated carbocycles. The third kappa shape index (κ3) is 5.27. The summed E-state index contributed by atoms with van der Waals surface area (Å²) in [5.41, 5.74) is 5.97. The first-order chi connectivity index (χ1) is 6.61. The Morgan fingerprint density at radius 1 is 1.50 bits per heavy atom. The van der Waals surface area contributed by atoms with Gasteiger partial charge in [-0.25, -0.2) is 0 Å². The average Bonchev–Trinajstić information content (AvgIpc) is 2.19. The van der Waals surface area contributed by atoms with Gasteiger partial charge in [0, 0.05) is 12.1 Å². The van der Waals surface area contributed by atoms with Crippen LogP contribution in [0.25, 0.3) is 6.08 Å². The van der Waals surface area contributed by atoms with Crippen LogP contribution in [0.15, 0.2) is 43.2 Å². The number of halogens is 1. The maximum atomic E-state index is 5.75. The van der Waals surface area contributed by atoms with Gasteiger partial charge in [0.15, 0.2) is 0 Å². The highest BCUT2D eigenvalue weighted by Gasteiger charge is 1.89. The van der Waals surface area contributed by atoms with E-state index in [4.69, 9.17) is 17.3 Å². The van der Waals surface area contributed by atoms with Gasteiger partial charge in [-0.05, 0) is 11.6 Å².